The van der Waals surface area contributed by atoms with Crippen molar-refractivity contribution < 1.29 is 62.4 Å². The van der Waals surface area contributed by atoms with Crippen LogP contribution in [0.15, 0.2) is 12.2 Å². The standard InChI is InChI=1S/C14H17F6NO8S2/c1-8(6-22)11(24)10(7-23)9-2-4-21(5-3-9)30(25,26)13(17,18)12(15,16)14(19,20)31(27,28)29/h7,9-10,22H,1-6H2,(H,27,28,29). The molecule has 9 nitrogen and oxygen atoms in total. The van der Waals surface area contributed by atoms with E-state index in [-0.39, 0.29) is 16.2 Å². The Morgan fingerprint density at radius 3 is 1.87 bits per heavy atom. The zero-order chi connectivity index (χ0) is 24.6. The fourth-order valence-corrected chi connectivity index (χ4v) is 4.82. The van der Waals surface area contributed by atoms with Gasteiger partial charge in [0.05, 0.1) is 12.5 Å². The van der Waals surface area contributed by atoms with Crippen LogP contribution < -0.4 is 0 Å². The van der Waals surface area contributed by atoms with Crippen molar-refractivity contribution in [3.63, 3.8) is 0 Å². The van der Waals surface area contributed by atoms with E-state index in [4.69, 9.17) is 9.66 Å². The summed E-state index contributed by atoms with van der Waals surface area (Å²) >= 11 is 0. The van der Waals surface area contributed by atoms with Gasteiger partial charge in [-0.1, -0.05) is 6.58 Å². The van der Waals surface area contributed by atoms with Crippen LogP contribution in [-0.4, -0.2) is 79.0 Å². The molecule has 1 atom stereocenters. The molecule has 1 fully saturated rings. The Kier molecular flexibility index (Phi) is 7.76. The molecule has 0 saturated carbocycles. The number of nitrogens with zero attached hydrogens (tertiary/aromatic N) is 1. The van der Waals surface area contributed by atoms with E-state index in [9.17, 15) is 52.8 Å². The first kappa shape index (κ1) is 27.5. The van der Waals surface area contributed by atoms with Crippen LogP contribution in [-0.2, 0) is 29.7 Å². The number of hydrogen-bond acceptors (Lipinski definition) is 7. The second-order valence-electron chi connectivity index (χ2n) is 6.61. The number of alkyl halides is 6. The molecule has 0 aromatic heterocycles. The molecule has 0 bridgehead atoms. The lowest BCUT2D eigenvalue weighted by atomic mass is 9.81. The van der Waals surface area contributed by atoms with Crippen LogP contribution in [0.5, 0.6) is 0 Å². The summed E-state index contributed by atoms with van der Waals surface area (Å²) in [5.41, 5.74) is -0.370. The summed E-state index contributed by atoms with van der Waals surface area (Å²) in [5.74, 6) is -10.4. The third-order valence-corrected chi connectivity index (χ3v) is 7.57. The minimum atomic E-state index is -7.13. The lowest BCUT2D eigenvalue weighted by Gasteiger charge is -2.37. The lowest BCUT2D eigenvalue weighted by molar-refractivity contribution is -0.247. The Bertz CT molecular complexity index is 942. The van der Waals surface area contributed by atoms with Gasteiger partial charge in [-0.05, 0) is 18.8 Å². The first-order chi connectivity index (χ1) is 13.8. The maximum Gasteiger partial charge on any atom is 0.439 e. The van der Waals surface area contributed by atoms with Gasteiger partial charge < -0.3 is 9.90 Å². The Balaban J connectivity index is 3.16. The minimum absolute atomic E-state index is 0.146. The molecule has 0 radical (unpaired) electrons. The number of aldehydes is 1. The van der Waals surface area contributed by atoms with Crippen LogP contribution >= 0.6 is 0 Å². The number of aliphatic hydroxyl groups excluding tert-OH is 1. The second kappa shape index (κ2) is 8.76. The fraction of sp³-hybridized carbons (Fsp3) is 0.714. The minimum Gasteiger partial charge on any atom is -0.392 e. The van der Waals surface area contributed by atoms with Crippen LogP contribution in [0, 0.1) is 11.8 Å². The first-order valence-corrected chi connectivity index (χ1v) is 11.1. The molecular weight excluding hydrogens is 488 g/mol. The molecule has 0 aromatic rings. The van der Waals surface area contributed by atoms with Crippen molar-refractivity contribution in [3.05, 3.63) is 12.2 Å². The van der Waals surface area contributed by atoms with Crippen LogP contribution in [0.2, 0.25) is 0 Å². The molecule has 0 spiro atoms. The topological polar surface area (TPSA) is 146 Å². The third-order valence-electron chi connectivity index (χ3n) is 4.71. The Morgan fingerprint density at radius 2 is 1.52 bits per heavy atom. The van der Waals surface area contributed by atoms with Gasteiger partial charge in [-0.25, -0.2) is 8.42 Å². The Labute approximate surface area is 172 Å². The van der Waals surface area contributed by atoms with Gasteiger partial charge in [0.1, 0.15) is 6.29 Å². The number of rotatable bonds is 10. The highest BCUT2D eigenvalue weighted by Crippen LogP contribution is 2.51. The van der Waals surface area contributed by atoms with Gasteiger partial charge in [-0.3, -0.25) is 9.35 Å². The van der Waals surface area contributed by atoms with Gasteiger partial charge >= 0.3 is 26.5 Å². The second-order valence-corrected chi connectivity index (χ2v) is 10.1. The first-order valence-electron chi connectivity index (χ1n) is 8.19. The normalized spacial score (nSPS) is 19.1. The average Bonchev–Trinajstić information content (AvgIpc) is 2.66. The van der Waals surface area contributed by atoms with Gasteiger partial charge in [0, 0.05) is 18.7 Å². The van der Waals surface area contributed by atoms with Gasteiger partial charge in [0.2, 0.25) is 0 Å². The summed E-state index contributed by atoms with van der Waals surface area (Å²) in [6.07, 6.45) is -0.875. The number of piperidine rings is 1. The van der Waals surface area contributed by atoms with E-state index in [2.05, 4.69) is 6.58 Å². The molecule has 1 saturated heterocycles. The monoisotopic (exact) mass is 505 g/mol. The van der Waals surface area contributed by atoms with E-state index >= 15 is 0 Å². The number of carbonyl (C=O) groups excluding carboxylic acids is 2. The molecule has 1 rings (SSSR count). The maximum absolute atomic E-state index is 14.0. The largest absolute Gasteiger partial charge is 0.439 e. The molecule has 17 heteroatoms. The summed E-state index contributed by atoms with van der Waals surface area (Å²) in [5, 5.41) is -4.61. The molecule has 0 aromatic carbocycles. The van der Waals surface area contributed by atoms with Gasteiger partial charge in [0.25, 0.3) is 10.0 Å². The molecule has 1 unspecified atom stereocenters. The number of sulfonamides is 1. The highest BCUT2D eigenvalue weighted by Gasteiger charge is 2.82. The van der Waals surface area contributed by atoms with E-state index in [1.54, 1.807) is 0 Å². The van der Waals surface area contributed by atoms with Gasteiger partial charge in [-0.2, -0.15) is 39.1 Å². The summed E-state index contributed by atoms with van der Waals surface area (Å²) in [6, 6.07) is 0. The third kappa shape index (κ3) is 4.50. The number of aliphatic hydroxyl groups is 1. The van der Waals surface area contributed by atoms with Crippen molar-refractivity contribution in [2.24, 2.45) is 11.8 Å². The van der Waals surface area contributed by atoms with Crippen molar-refractivity contribution in [3.8, 4) is 0 Å². The summed E-state index contributed by atoms with van der Waals surface area (Å²) in [4.78, 5) is 23.2. The molecule has 1 aliphatic rings. The number of hydrogen-bond donors (Lipinski definition) is 2. The molecule has 0 aliphatic carbocycles. The Hall–Kier alpha value is -1.56. The van der Waals surface area contributed by atoms with Gasteiger partial charge in [0.15, 0.2) is 5.78 Å². The van der Waals surface area contributed by atoms with Crippen molar-refractivity contribution in [2.75, 3.05) is 19.7 Å². The van der Waals surface area contributed by atoms with E-state index in [1.165, 1.54) is 0 Å². The van der Waals surface area contributed by atoms with Crippen LogP contribution in [0.25, 0.3) is 0 Å². The number of Topliss-reactive ketones (excluding diaryl/α,β-unsaturated/α-hetero) is 1. The van der Waals surface area contributed by atoms with Gasteiger partial charge in [-0.15, -0.1) is 0 Å². The van der Waals surface area contributed by atoms with Crippen molar-refractivity contribution in [1.82, 2.24) is 4.31 Å². The van der Waals surface area contributed by atoms with Crippen molar-refractivity contribution in [2.45, 2.75) is 29.3 Å². The SMILES string of the molecule is C=C(CO)C(=O)C(C=O)C1CCN(S(=O)(=O)C(F)(F)C(F)(F)C(F)(F)S(=O)(=O)O)CC1. The predicted molar refractivity (Wildman–Crippen MR) is 90.4 cm³/mol. The molecule has 31 heavy (non-hydrogen) atoms. The zero-order valence-corrected chi connectivity index (χ0v) is 17.0. The average molecular weight is 505 g/mol. The summed E-state index contributed by atoms with van der Waals surface area (Å²) < 4.78 is 134. The van der Waals surface area contributed by atoms with E-state index < -0.39 is 86.7 Å². The highest BCUT2D eigenvalue weighted by molar-refractivity contribution is 7.90. The predicted octanol–water partition coefficient (Wildman–Crippen LogP) is 0.670. The molecule has 1 heterocycles. The quantitative estimate of drug-likeness (QED) is 0.145. The van der Waals surface area contributed by atoms with E-state index in [0.29, 0.717) is 0 Å². The lowest BCUT2D eigenvalue weighted by Crippen LogP contribution is -2.63. The van der Waals surface area contributed by atoms with Crippen molar-refractivity contribution >= 4 is 32.2 Å². The zero-order valence-electron chi connectivity index (χ0n) is 15.4. The molecule has 1 aliphatic heterocycles. The summed E-state index contributed by atoms with van der Waals surface area (Å²) in [6.45, 7) is 0.398. The van der Waals surface area contributed by atoms with Crippen LogP contribution in [0.3, 0.4) is 0 Å². The van der Waals surface area contributed by atoms with Crippen molar-refractivity contribution in [1.29, 1.82) is 0 Å². The van der Waals surface area contributed by atoms with Crippen LogP contribution in [0.1, 0.15) is 12.8 Å². The molecular formula is C14H17F6NO8S2. The summed E-state index contributed by atoms with van der Waals surface area (Å²) in [7, 11) is -13.7. The molecule has 2 N–H and O–H groups in total. The number of halogens is 6. The maximum atomic E-state index is 14.0. The molecule has 0 amide bonds. The van der Waals surface area contributed by atoms with Crippen LogP contribution in [0.4, 0.5) is 26.3 Å². The highest BCUT2D eigenvalue weighted by atomic mass is 32.2. The fourth-order valence-electron chi connectivity index (χ4n) is 2.83. The van der Waals surface area contributed by atoms with E-state index in [1.807, 2.05) is 0 Å². The number of ketones is 1. The molecule has 180 valence electrons. The number of carbonyl (C=O) groups is 2. The van der Waals surface area contributed by atoms with E-state index in [0.717, 1.165) is 0 Å². The Morgan fingerprint density at radius 1 is 1.06 bits per heavy atom. The smallest absolute Gasteiger partial charge is 0.392 e.